The summed E-state index contributed by atoms with van der Waals surface area (Å²) in [7, 11) is 0. The van der Waals surface area contributed by atoms with Gasteiger partial charge in [0.1, 0.15) is 13.2 Å². The van der Waals surface area contributed by atoms with Gasteiger partial charge in [-0.25, -0.2) is 0 Å². The molecule has 0 aliphatic carbocycles. The van der Waals surface area contributed by atoms with Crippen molar-refractivity contribution in [1.29, 1.82) is 0 Å². The third kappa shape index (κ3) is 3.67. The average molecular weight is 296 g/mol. The molecule has 0 aromatic heterocycles. The molecule has 1 unspecified atom stereocenters. The van der Waals surface area contributed by atoms with Gasteiger partial charge in [0.05, 0.1) is 5.02 Å². The van der Waals surface area contributed by atoms with Crippen LogP contribution in [0.4, 0.5) is 0 Å². The smallest absolute Gasteiger partial charge is 0.244 e. The molecule has 5 heteroatoms. The summed E-state index contributed by atoms with van der Waals surface area (Å²) in [6.45, 7) is 4.99. The zero-order valence-electron chi connectivity index (χ0n) is 11.6. The Morgan fingerprint density at radius 1 is 1.45 bits per heavy atom. The zero-order valence-corrected chi connectivity index (χ0v) is 12.4. The third-order valence-electron chi connectivity index (χ3n) is 3.05. The second-order valence-electron chi connectivity index (χ2n) is 4.68. The van der Waals surface area contributed by atoms with Crippen molar-refractivity contribution in [2.45, 2.75) is 26.3 Å². The number of rotatable bonds is 4. The van der Waals surface area contributed by atoms with E-state index in [4.69, 9.17) is 21.1 Å². The highest BCUT2D eigenvalue weighted by molar-refractivity contribution is 6.32. The van der Waals surface area contributed by atoms with Crippen LogP contribution in [0.5, 0.6) is 11.5 Å². The Labute approximate surface area is 123 Å². The largest absolute Gasteiger partial charge is 0.486 e. The van der Waals surface area contributed by atoms with Crippen molar-refractivity contribution >= 4 is 23.6 Å². The summed E-state index contributed by atoms with van der Waals surface area (Å²) in [6, 6.07) is 3.73. The number of benzene rings is 1. The molecule has 1 aromatic carbocycles. The van der Waals surface area contributed by atoms with Crippen LogP contribution in [0.2, 0.25) is 5.02 Å². The highest BCUT2D eigenvalue weighted by Gasteiger charge is 2.15. The van der Waals surface area contributed by atoms with Crippen LogP contribution in [-0.2, 0) is 4.79 Å². The fourth-order valence-electron chi connectivity index (χ4n) is 1.79. The molecule has 1 atom stereocenters. The van der Waals surface area contributed by atoms with E-state index in [-0.39, 0.29) is 11.9 Å². The fraction of sp³-hybridized carbons (Fsp3) is 0.400. The first-order chi connectivity index (χ1) is 9.60. The van der Waals surface area contributed by atoms with Crippen molar-refractivity contribution in [2.24, 2.45) is 0 Å². The molecule has 0 bridgehead atoms. The predicted octanol–water partition coefficient (Wildman–Crippen LogP) is 3.04. The minimum absolute atomic E-state index is 0.120. The second-order valence-corrected chi connectivity index (χ2v) is 5.09. The van der Waals surface area contributed by atoms with Crippen LogP contribution in [0.25, 0.3) is 6.08 Å². The van der Waals surface area contributed by atoms with Gasteiger partial charge in [-0.15, -0.1) is 0 Å². The molecule has 1 aromatic rings. The van der Waals surface area contributed by atoms with Crippen molar-refractivity contribution < 1.29 is 14.3 Å². The van der Waals surface area contributed by atoms with E-state index in [0.29, 0.717) is 29.7 Å². The Bertz CT molecular complexity index is 528. The maximum Gasteiger partial charge on any atom is 0.244 e. The third-order valence-corrected chi connectivity index (χ3v) is 3.33. The first kappa shape index (κ1) is 14.7. The molecule has 2 rings (SSSR count). The van der Waals surface area contributed by atoms with E-state index in [0.717, 1.165) is 12.0 Å². The van der Waals surface area contributed by atoms with Crippen LogP contribution in [0.1, 0.15) is 25.8 Å². The lowest BCUT2D eigenvalue weighted by Crippen LogP contribution is -2.30. The van der Waals surface area contributed by atoms with Gasteiger partial charge in [-0.2, -0.15) is 0 Å². The number of halogens is 1. The molecule has 0 saturated carbocycles. The van der Waals surface area contributed by atoms with E-state index in [9.17, 15) is 4.79 Å². The van der Waals surface area contributed by atoms with Gasteiger partial charge in [-0.1, -0.05) is 18.5 Å². The topological polar surface area (TPSA) is 47.6 Å². The number of carbonyl (C=O) groups excluding carboxylic acids is 1. The minimum Gasteiger partial charge on any atom is -0.486 e. The van der Waals surface area contributed by atoms with Gasteiger partial charge >= 0.3 is 0 Å². The molecular weight excluding hydrogens is 278 g/mol. The zero-order chi connectivity index (χ0) is 14.5. The Balaban J connectivity index is 2.10. The van der Waals surface area contributed by atoms with Crippen LogP contribution in [0.15, 0.2) is 18.2 Å². The van der Waals surface area contributed by atoms with E-state index in [1.54, 1.807) is 12.1 Å². The van der Waals surface area contributed by atoms with Gasteiger partial charge in [-0.05, 0) is 37.1 Å². The lowest BCUT2D eigenvalue weighted by molar-refractivity contribution is -0.117. The van der Waals surface area contributed by atoms with Crippen molar-refractivity contribution in [3.05, 3.63) is 28.8 Å². The Morgan fingerprint density at radius 2 is 2.20 bits per heavy atom. The van der Waals surface area contributed by atoms with Gasteiger partial charge in [0, 0.05) is 12.1 Å². The summed E-state index contributed by atoms with van der Waals surface area (Å²) < 4.78 is 10.9. The molecule has 0 saturated heterocycles. The highest BCUT2D eigenvalue weighted by atomic mass is 35.5. The van der Waals surface area contributed by atoms with Crippen molar-refractivity contribution in [2.75, 3.05) is 13.2 Å². The van der Waals surface area contributed by atoms with Gasteiger partial charge < -0.3 is 14.8 Å². The summed E-state index contributed by atoms with van der Waals surface area (Å²) in [5.74, 6) is 1.07. The summed E-state index contributed by atoms with van der Waals surface area (Å²) in [5, 5.41) is 3.35. The number of fused-ring (bicyclic) bond motifs is 1. The number of hydrogen-bond acceptors (Lipinski definition) is 3. The van der Waals surface area contributed by atoms with Crippen LogP contribution in [0.3, 0.4) is 0 Å². The molecule has 0 spiro atoms. The first-order valence-corrected chi connectivity index (χ1v) is 7.05. The summed E-state index contributed by atoms with van der Waals surface area (Å²) in [4.78, 5) is 11.7. The van der Waals surface area contributed by atoms with Crippen LogP contribution >= 0.6 is 11.6 Å². The van der Waals surface area contributed by atoms with Gasteiger partial charge in [0.15, 0.2) is 11.5 Å². The molecule has 1 aliphatic heterocycles. The molecule has 4 nitrogen and oxygen atoms in total. The monoisotopic (exact) mass is 295 g/mol. The lowest BCUT2D eigenvalue weighted by atomic mass is 10.1. The molecule has 1 N–H and O–H groups in total. The molecule has 1 amide bonds. The maximum absolute atomic E-state index is 11.7. The van der Waals surface area contributed by atoms with Crippen molar-refractivity contribution in [3.63, 3.8) is 0 Å². The fourth-order valence-corrected chi connectivity index (χ4v) is 2.07. The quantitative estimate of drug-likeness (QED) is 0.869. The second kappa shape index (κ2) is 6.66. The van der Waals surface area contributed by atoms with Gasteiger partial charge in [0.2, 0.25) is 5.91 Å². The van der Waals surface area contributed by atoms with E-state index in [2.05, 4.69) is 5.32 Å². The first-order valence-electron chi connectivity index (χ1n) is 6.68. The predicted molar refractivity (Wildman–Crippen MR) is 79.4 cm³/mol. The summed E-state index contributed by atoms with van der Waals surface area (Å²) in [6.07, 6.45) is 4.10. The molecule has 1 aliphatic rings. The van der Waals surface area contributed by atoms with Gasteiger partial charge in [0.25, 0.3) is 0 Å². The van der Waals surface area contributed by atoms with Crippen molar-refractivity contribution in [1.82, 2.24) is 5.32 Å². The molecule has 0 fully saturated rings. The Morgan fingerprint density at radius 3 is 2.95 bits per heavy atom. The number of nitrogens with one attached hydrogen (secondary N) is 1. The Hall–Kier alpha value is -1.68. The van der Waals surface area contributed by atoms with Crippen molar-refractivity contribution in [3.8, 4) is 11.5 Å². The molecule has 20 heavy (non-hydrogen) atoms. The highest BCUT2D eigenvalue weighted by Crippen LogP contribution is 2.38. The van der Waals surface area contributed by atoms with E-state index in [1.807, 2.05) is 19.9 Å². The number of hydrogen-bond donors (Lipinski definition) is 1. The number of ether oxygens (including phenoxy) is 2. The SMILES string of the molecule is CCC(C)NC(=O)/C=C/c1cc(Cl)c2c(c1)OCCO2. The number of amides is 1. The maximum atomic E-state index is 11.7. The van der Waals surface area contributed by atoms with Crippen LogP contribution < -0.4 is 14.8 Å². The van der Waals surface area contributed by atoms with Gasteiger partial charge in [-0.3, -0.25) is 4.79 Å². The van der Waals surface area contributed by atoms with E-state index < -0.39 is 0 Å². The molecule has 0 radical (unpaired) electrons. The standard InChI is InChI=1S/C15H18ClNO3/c1-3-10(2)17-14(18)5-4-11-8-12(16)15-13(9-11)19-6-7-20-15/h4-5,8-10H,3,6-7H2,1-2H3,(H,17,18)/b5-4+. The Kier molecular flexibility index (Phi) is 4.90. The minimum atomic E-state index is -0.120. The van der Waals surface area contributed by atoms with Crippen LogP contribution in [0, 0.1) is 0 Å². The molecule has 108 valence electrons. The normalized spacial score (nSPS) is 15.2. The molecule has 1 heterocycles. The van der Waals surface area contributed by atoms with E-state index in [1.165, 1.54) is 6.08 Å². The van der Waals surface area contributed by atoms with E-state index >= 15 is 0 Å². The summed E-state index contributed by atoms with van der Waals surface area (Å²) in [5.41, 5.74) is 0.804. The average Bonchev–Trinajstić information content (AvgIpc) is 2.45. The summed E-state index contributed by atoms with van der Waals surface area (Å²) >= 11 is 6.13. The molecular formula is C15H18ClNO3. The lowest BCUT2D eigenvalue weighted by Gasteiger charge is -2.19. The van der Waals surface area contributed by atoms with Crippen LogP contribution in [-0.4, -0.2) is 25.2 Å². The number of carbonyl (C=O) groups is 1.